The highest BCUT2D eigenvalue weighted by Gasteiger charge is 2.11. The normalized spacial score (nSPS) is 10.4. The van der Waals surface area contributed by atoms with Crippen LogP contribution < -0.4 is 14.8 Å². The van der Waals surface area contributed by atoms with Gasteiger partial charge in [0.15, 0.2) is 11.5 Å². The summed E-state index contributed by atoms with van der Waals surface area (Å²) in [6.45, 7) is 0. The second kappa shape index (κ2) is 9.04. The number of ether oxygens (including phenoxy) is 2. The smallest absolute Gasteiger partial charge is 0.255 e. The third-order valence-corrected chi connectivity index (χ3v) is 4.45. The largest absolute Gasteiger partial charge is 0.493 e. The molecule has 0 radical (unpaired) electrons. The molecule has 0 saturated heterocycles. The highest BCUT2D eigenvalue weighted by atomic mass is 19.1. The molecule has 0 aliphatic heterocycles. The lowest BCUT2D eigenvalue weighted by Gasteiger charge is -2.10. The van der Waals surface area contributed by atoms with Gasteiger partial charge in [-0.2, -0.15) is 0 Å². The fraction of sp³-hybridized carbons (Fsp3) is 0.0417. The summed E-state index contributed by atoms with van der Waals surface area (Å²) in [6.07, 6.45) is 1.39. The third kappa shape index (κ3) is 4.84. The zero-order valence-electron chi connectivity index (χ0n) is 16.6. The third-order valence-electron chi connectivity index (χ3n) is 4.45. The van der Waals surface area contributed by atoms with E-state index in [2.05, 4.69) is 15.3 Å². The van der Waals surface area contributed by atoms with Gasteiger partial charge < -0.3 is 14.8 Å². The summed E-state index contributed by atoms with van der Waals surface area (Å²) in [7, 11) is 1.57. The van der Waals surface area contributed by atoms with E-state index in [0.29, 0.717) is 34.3 Å². The van der Waals surface area contributed by atoms with E-state index in [0.717, 1.165) is 5.56 Å². The maximum absolute atomic E-state index is 13.1. The number of benzene rings is 3. The summed E-state index contributed by atoms with van der Waals surface area (Å²) in [4.78, 5) is 21.0. The standard InChI is InChI=1S/C24H18FN3O3/c1-30-21-7-2-3-8-22(21)31-23-14-20(26-15-27-23)16-5-4-6-17(13-16)24(29)28-19-11-9-18(25)10-12-19/h2-15H,1H3,(H,28,29). The van der Waals surface area contributed by atoms with Crippen molar-refractivity contribution in [2.24, 2.45) is 0 Å². The minimum absolute atomic E-state index is 0.312. The van der Waals surface area contributed by atoms with E-state index in [1.165, 1.54) is 30.6 Å². The van der Waals surface area contributed by atoms with Gasteiger partial charge in [-0.25, -0.2) is 14.4 Å². The Morgan fingerprint density at radius 2 is 1.68 bits per heavy atom. The molecule has 154 valence electrons. The molecule has 1 N–H and O–H groups in total. The van der Waals surface area contributed by atoms with Crippen LogP contribution >= 0.6 is 0 Å². The lowest BCUT2D eigenvalue weighted by molar-refractivity contribution is 0.102. The fourth-order valence-corrected chi connectivity index (χ4v) is 2.93. The number of nitrogens with one attached hydrogen (secondary N) is 1. The Hall–Kier alpha value is -4.26. The SMILES string of the molecule is COc1ccccc1Oc1cc(-c2cccc(C(=O)Nc3ccc(F)cc3)c2)ncn1. The Morgan fingerprint density at radius 3 is 2.45 bits per heavy atom. The van der Waals surface area contributed by atoms with Crippen molar-refractivity contribution in [2.45, 2.75) is 0 Å². The van der Waals surface area contributed by atoms with Gasteiger partial charge in [-0.05, 0) is 48.5 Å². The van der Waals surface area contributed by atoms with Crippen LogP contribution in [0.4, 0.5) is 10.1 Å². The monoisotopic (exact) mass is 415 g/mol. The first-order chi connectivity index (χ1) is 15.1. The maximum atomic E-state index is 13.1. The number of aromatic nitrogens is 2. The molecule has 1 aromatic heterocycles. The first kappa shape index (κ1) is 20.0. The number of rotatable bonds is 6. The number of nitrogens with zero attached hydrogens (tertiary/aromatic N) is 2. The van der Waals surface area contributed by atoms with E-state index in [9.17, 15) is 9.18 Å². The quantitative estimate of drug-likeness (QED) is 0.460. The van der Waals surface area contributed by atoms with Gasteiger partial charge in [0.05, 0.1) is 12.8 Å². The Labute approximate surface area is 178 Å². The van der Waals surface area contributed by atoms with E-state index in [1.807, 2.05) is 18.2 Å². The molecule has 0 aliphatic rings. The number of hydrogen-bond acceptors (Lipinski definition) is 5. The topological polar surface area (TPSA) is 73.3 Å². The molecule has 0 saturated carbocycles. The molecule has 0 unspecified atom stereocenters. The molecular formula is C24H18FN3O3. The van der Waals surface area contributed by atoms with Gasteiger partial charge in [-0.3, -0.25) is 4.79 Å². The van der Waals surface area contributed by atoms with E-state index >= 15 is 0 Å². The number of halogens is 1. The summed E-state index contributed by atoms with van der Waals surface area (Å²) >= 11 is 0. The molecule has 0 fully saturated rings. The van der Waals surface area contributed by atoms with E-state index < -0.39 is 0 Å². The summed E-state index contributed by atoms with van der Waals surface area (Å²) in [5.41, 5.74) is 2.26. The molecule has 4 aromatic rings. The summed E-state index contributed by atoms with van der Waals surface area (Å²) < 4.78 is 24.2. The Balaban J connectivity index is 1.55. The van der Waals surface area contributed by atoms with Gasteiger partial charge in [0.2, 0.25) is 5.88 Å². The first-order valence-electron chi connectivity index (χ1n) is 9.42. The average Bonchev–Trinajstić information content (AvgIpc) is 2.81. The van der Waals surface area contributed by atoms with Crippen molar-refractivity contribution in [1.82, 2.24) is 9.97 Å². The van der Waals surface area contributed by atoms with Gasteiger partial charge in [-0.1, -0.05) is 24.3 Å². The minimum Gasteiger partial charge on any atom is -0.493 e. The van der Waals surface area contributed by atoms with Crippen LogP contribution in [0.3, 0.4) is 0 Å². The number of amides is 1. The molecule has 4 rings (SSSR count). The molecule has 3 aromatic carbocycles. The average molecular weight is 415 g/mol. The molecule has 7 heteroatoms. The van der Waals surface area contributed by atoms with Crippen molar-refractivity contribution in [3.05, 3.63) is 96.6 Å². The molecule has 1 heterocycles. The van der Waals surface area contributed by atoms with Crippen LogP contribution in [0.1, 0.15) is 10.4 Å². The van der Waals surface area contributed by atoms with Crippen molar-refractivity contribution in [3.63, 3.8) is 0 Å². The highest BCUT2D eigenvalue weighted by molar-refractivity contribution is 6.04. The molecule has 31 heavy (non-hydrogen) atoms. The van der Waals surface area contributed by atoms with E-state index in [4.69, 9.17) is 9.47 Å². The van der Waals surface area contributed by atoms with Crippen LogP contribution in [0.15, 0.2) is 85.2 Å². The molecule has 6 nitrogen and oxygen atoms in total. The number of carbonyl (C=O) groups is 1. The Bertz CT molecular complexity index is 1210. The van der Waals surface area contributed by atoms with Crippen LogP contribution in [-0.4, -0.2) is 23.0 Å². The number of para-hydroxylation sites is 2. The molecule has 0 spiro atoms. The predicted octanol–water partition coefficient (Wildman–Crippen LogP) is 5.34. The second-order valence-corrected chi connectivity index (χ2v) is 6.54. The molecule has 0 bridgehead atoms. The predicted molar refractivity (Wildman–Crippen MR) is 115 cm³/mol. The van der Waals surface area contributed by atoms with Crippen molar-refractivity contribution in [1.29, 1.82) is 0 Å². The summed E-state index contributed by atoms with van der Waals surface area (Å²) in [6, 6.07) is 21.5. The summed E-state index contributed by atoms with van der Waals surface area (Å²) in [5, 5.41) is 2.74. The van der Waals surface area contributed by atoms with Crippen LogP contribution in [0.2, 0.25) is 0 Å². The van der Waals surface area contributed by atoms with Crippen molar-refractivity contribution in [3.8, 4) is 28.6 Å². The number of carbonyl (C=O) groups excluding carboxylic acids is 1. The van der Waals surface area contributed by atoms with Crippen LogP contribution in [0.25, 0.3) is 11.3 Å². The van der Waals surface area contributed by atoms with E-state index in [-0.39, 0.29) is 11.7 Å². The van der Waals surface area contributed by atoms with Crippen molar-refractivity contribution >= 4 is 11.6 Å². The van der Waals surface area contributed by atoms with Gasteiger partial charge in [0.1, 0.15) is 12.1 Å². The number of hydrogen-bond donors (Lipinski definition) is 1. The lowest BCUT2D eigenvalue weighted by Crippen LogP contribution is -2.11. The van der Waals surface area contributed by atoms with Crippen molar-refractivity contribution in [2.75, 3.05) is 12.4 Å². The zero-order chi connectivity index (χ0) is 21.6. The molecule has 0 atom stereocenters. The Kier molecular flexibility index (Phi) is 5.84. The van der Waals surface area contributed by atoms with Crippen LogP contribution in [-0.2, 0) is 0 Å². The van der Waals surface area contributed by atoms with Gasteiger partial charge in [-0.15, -0.1) is 0 Å². The van der Waals surface area contributed by atoms with Gasteiger partial charge >= 0.3 is 0 Å². The fourth-order valence-electron chi connectivity index (χ4n) is 2.93. The van der Waals surface area contributed by atoms with Crippen molar-refractivity contribution < 1.29 is 18.7 Å². The number of methoxy groups -OCH3 is 1. The maximum Gasteiger partial charge on any atom is 0.255 e. The molecule has 0 aliphatic carbocycles. The van der Waals surface area contributed by atoms with Crippen LogP contribution in [0.5, 0.6) is 17.4 Å². The minimum atomic E-state index is -0.366. The highest BCUT2D eigenvalue weighted by Crippen LogP contribution is 2.31. The van der Waals surface area contributed by atoms with Gasteiger partial charge in [0, 0.05) is 22.9 Å². The van der Waals surface area contributed by atoms with E-state index in [1.54, 1.807) is 43.5 Å². The van der Waals surface area contributed by atoms with Gasteiger partial charge in [0.25, 0.3) is 5.91 Å². The first-order valence-corrected chi connectivity index (χ1v) is 9.42. The van der Waals surface area contributed by atoms with Crippen LogP contribution in [0, 0.1) is 5.82 Å². The Morgan fingerprint density at radius 1 is 0.903 bits per heavy atom. The molecule has 1 amide bonds. The number of anilines is 1. The summed E-state index contributed by atoms with van der Waals surface area (Å²) in [5.74, 6) is 0.780. The molecular weight excluding hydrogens is 397 g/mol. The zero-order valence-corrected chi connectivity index (χ0v) is 16.6. The lowest BCUT2D eigenvalue weighted by atomic mass is 10.1. The second-order valence-electron chi connectivity index (χ2n) is 6.54.